The molecule has 2 N–H and O–H groups in total. The van der Waals surface area contributed by atoms with Gasteiger partial charge in [-0.05, 0) is 49.1 Å². The molecule has 0 saturated heterocycles. The van der Waals surface area contributed by atoms with Gasteiger partial charge >= 0.3 is 0 Å². The van der Waals surface area contributed by atoms with Crippen LogP contribution in [0.5, 0.6) is 5.75 Å². The van der Waals surface area contributed by atoms with Crippen molar-refractivity contribution in [1.82, 2.24) is 10.9 Å². The third-order valence-electron chi connectivity index (χ3n) is 4.02. The Labute approximate surface area is 154 Å². The predicted octanol–water partition coefficient (Wildman–Crippen LogP) is 3.52. The summed E-state index contributed by atoms with van der Waals surface area (Å²) < 4.78 is 5.63. The lowest BCUT2D eigenvalue weighted by atomic mass is 9.87. The number of carbonyl (C=O) groups excluding carboxylic acids is 2. The lowest BCUT2D eigenvalue weighted by Gasteiger charge is -2.20. The Balaban J connectivity index is 1.87. The highest BCUT2D eigenvalue weighted by Gasteiger charge is 2.17. The number of carbonyl (C=O) groups is 2. The standard InChI is InChI=1S/C21H26N2O3/c1-14-6-8-16(9-7-14)20(25)23-22-19(24)15(2)26-18-12-10-17(11-13-18)21(3,4)5/h6-13,15H,1-5H3,(H,22,24)(H,23,25)/t15-/m1/s1. The third-order valence-corrected chi connectivity index (χ3v) is 4.02. The van der Waals surface area contributed by atoms with E-state index >= 15 is 0 Å². The maximum atomic E-state index is 12.1. The summed E-state index contributed by atoms with van der Waals surface area (Å²) in [5.74, 6) is -0.198. The van der Waals surface area contributed by atoms with Gasteiger partial charge < -0.3 is 4.74 Å². The summed E-state index contributed by atoms with van der Waals surface area (Å²) in [5.41, 5.74) is 7.56. The topological polar surface area (TPSA) is 67.4 Å². The molecule has 26 heavy (non-hydrogen) atoms. The summed E-state index contributed by atoms with van der Waals surface area (Å²) >= 11 is 0. The van der Waals surface area contributed by atoms with Gasteiger partial charge in [0.1, 0.15) is 5.75 Å². The highest BCUT2D eigenvalue weighted by molar-refractivity contribution is 5.95. The van der Waals surface area contributed by atoms with Crippen molar-refractivity contribution in [1.29, 1.82) is 0 Å². The first-order chi connectivity index (χ1) is 12.2. The fraction of sp³-hybridized carbons (Fsp3) is 0.333. The molecule has 0 aliphatic carbocycles. The van der Waals surface area contributed by atoms with E-state index in [9.17, 15) is 9.59 Å². The van der Waals surface area contributed by atoms with E-state index < -0.39 is 12.0 Å². The number of hydrogen-bond acceptors (Lipinski definition) is 3. The van der Waals surface area contributed by atoms with Crippen molar-refractivity contribution in [2.75, 3.05) is 0 Å². The molecule has 5 heteroatoms. The SMILES string of the molecule is Cc1ccc(C(=O)NNC(=O)[C@@H](C)Oc2ccc(C(C)(C)C)cc2)cc1. The van der Waals surface area contributed by atoms with Crippen molar-refractivity contribution in [2.24, 2.45) is 0 Å². The van der Waals surface area contributed by atoms with Crippen LogP contribution < -0.4 is 15.6 Å². The normalized spacial score (nSPS) is 12.2. The Kier molecular flexibility index (Phi) is 6.03. The van der Waals surface area contributed by atoms with Crippen molar-refractivity contribution in [3.05, 3.63) is 65.2 Å². The Hall–Kier alpha value is -2.82. The largest absolute Gasteiger partial charge is 0.481 e. The van der Waals surface area contributed by atoms with Gasteiger partial charge in [-0.25, -0.2) is 0 Å². The zero-order chi connectivity index (χ0) is 19.3. The molecule has 138 valence electrons. The lowest BCUT2D eigenvalue weighted by molar-refractivity contribution is -0.128. The van der Waals surface area contributed by atoms with Crippen LogP contribution in [0, 0.1) is 6.92 Å². The summed E-state index contributed by atoms with van der Waals surface area (Å²) in [4.78, 5) is 24.1. The van der Waals surface area contributed by atoms with Crippen molar-refractivity contribution in [3.8, 4) is 5.75 Å². The van der Waals surface area contributed by atoms with Crippen LogP contribution in [-0.2, 0) is 10.2 Å². The Bertz CT molecular complexity index is 759. The van der Waals surface area contributed by atoms with E-state index in [2.05, 4.69) is 31.6 Å². The van der Waals surface area contributed by atoms with Crippen molar-refractivity contribution in [3.63, 3.8) is 0 Å². The molecule has 5 nitrogen and oxygen atoms in total. The molecule has 0 bridgehead atoms. The molecule has 2 amide bonds. The first kappa shape index (κ1) is 19.5. The summed E-state index contributed by atoms with van der Waals surface area (Å²) in [6.45, 7) is 9.97. The molecule has 2 aromatic carbocycles. The summed E-state index contributed by atoms with van der Waals surface area (Å²) in [7, 11) is 0. The first-order valence-corrected chi connectivity index (χ1v) is 8.61. The van der Waals surface area contributed by atoms with Gasteiger partial charge in [0.25, 0.3) is 11.8 Å². The van der Waals surface area contributed by atoms with Crippen LogP contribution in [0.15, 0.2) is 48.5 Å². The van der Waals surface area contributed by atoms with Crippen molar-refractivity contribution >= 4 is 11.8 Å². The summed E-state index contributed by atoms with van der Waals surface area (Å²) in [6, 6.07) is 14.7. The fourth-order valence-corrected chi connectivity index (χ4v) is 2.29. The molecule has 0 heterocycles. The van der Waals surface area contributed by atoms with Gasteiger partial charge in [0.15, 0.2) is 6.10 Å². The number of nitrogens with one attached hydrogen (secondary N) is 2. The molecule has 0 aliphatic heterocycles. The molecule has 1 atom stereocenters. The van der Waals surface area contributed by atoms with E-state index in [1.807, 2.05) is 43.3 Å². The van der Waals surface area contributed by atoms with Gasteiger partial charge in [-0.15, -0.1) is 0 Å². The highest BCUT2D eigenvalue weighted by Crippen LogP contribution is 2.24. The number of hydrogen-bond donors (Lipinski definition) is 2. The molecule has 2 aromatic rings. The van der Waals surface area contributed by atoms with Crippen LogP contribution in [0.3, 0.4) is 0 Å². The fourth-order valence-electron chi connectivity index (χ4n) is 2.29. The third kappa shape index (κ3) is 5.34. The first-order valence-electron chi connectivity index (χ1n) is 8.61. The van der Waals surface area contributed by atoms with Gasteiger partial charge in [-0.2, -0.15) is 0 Å². The van der Waals surface area contributed by atoms with E-state index in [-0.39, 0.29) is 11.3 Å². The van der Waals surface area contributed by atoms with Gasteiger partial charge in [-0.3, -0.25) is 20.4 Å². The number of hydrazine groups is 1. The maximum absolute atomic E-state index is 12.1. The molecule has 0 aromatic heterocycles. The van der Waals surface area contributed by atoms with E-state index in [0.717, 1.165) is 5.56 Å². The molecule has 0 unspecified atom stereocenters. The molecular weight excluding hydrogens is 328 g/mol. The summed E-state index contributed by atoms with van der Waals surface area (Å²) in [5, 5.41) is 0. The second kappa shape index (κ2) is 8.04. The molecule has 0 fully saturated rings. The second-order valence-electron chi connectivity index (χ2n) is 7.34. The van der Waals surface area contributed by atoms with Crippen LogP contribution in [0.4, 0.5) is 0 Å². The number of benzene rings is 2. The van der Waals surface area contributed by atoms with E-state index in [4.69, 9.17) is 4.74 Å². The monoisotopic (exact) mass is 354 g/mol. The average molecular weight is 354 g/mol. The molecular formula is C21H26N2O3. The van der Waals surface area contributed by atoms with Crippen molar-refractivity contribution < 1.29 is 14.3 Å². The van der Waals surface area contributed by atoms with Crippen LogP contribution in [-0.4, -0.2) is 17.9 Å². The van der Waals surface area contributed by atoms with Gasteiger partial charge in [-0.1, -0.05) is 50.6 Å². The van der Waals surface area contributed by atoms with E-state index in [1.54, 1.807) is 19.1 Å². The van der Waals surface area contributed by atoms with Crippen LogP contribution in [0.1, 0.15) is 49.2 Å². The number of amides is 2. The smallest absolute Gasteiger partial charge is 0.279 e. The van der Waals surface area contributed by atoms with E-state index in [1.165, 1.54) is 5.56 Å². The zero-order valence-corrected chi connectivity index (χ0v) is 15.9. The number of ether oxygens (including phenoxy) is 1. The van der Waals surface area contributed by atoms with Gasteiger partial charge in [0, 0.05) is 5.56 Å². The number of aryl methyl sites for hydroxylation is 1. The Morgan fingerprint density at radius 3 is 2.04 bits per heavy atom. The van der Waals surface area contributed by atoms with Crippen LogP contribution >= 0.6 is 0 Å². The minimum atomic E-state index is -0.742. The Morgan fingerprint density at radius 1 is 0.923 bits per heavy atom. The van der Waals surface area contributed by atoms with Crippen LogP contribution in [0.25, 0.3) is 0 Å². The second-order valence-corrected chi connectivity index (χ2v) is 7.34. The number of rotatable bonds is 4. The highest BCUT2D eigenvalue weighted by atomic mass is 16.5. The molecule has 0 spiro atoms. The summed E-state index contributed by atoms with van der Waals surface area (Å²) in [6.07, 6.45) is -0.742. The van der Waals surface area contributed by atoms with E-state index in [0.29, 0.717) is 11.3 Å². The van der Waals surface area contributed by atoms with Gasteiger partial charge in [0.2, 0.25) is 0 Å². The minimum Gasteiger partial charge on any atom is -0.481 e. The van der Waals surface area contributed by atoms with Crippen LogP contribution in [0.2, 0.25) is 0 Å². The molecule has 0 saturated carbocycles. The lowest BCUT2D eigenvalue weighted by Crippen LogP contribution is -2.47. The molecule has 0 radical (unpaired) electrons. The molecule has 2 rings (SSSR count). The average Bonchev–Trinajstić information content (AvgIpc) is 2.59. The van der Waals surface area contributed by atoms with Crippen molar-refractivity contribution in [2.45, 2.75) is 46.1 Å². The Morgan fingerprint density at radius 2 is 1.50 bits per heavy atom. The minimum absolute atomic E-state index is 0.0573. The maximum Gasteiger partial charge on any atom is 0.279 e. The predicted molar refractivity (Wildman–Crippen MR) is 102 cm³/mol. The molecule has 0 aliphatic rings. The zero-order valence-electron chi connectivity index (χ0n) is 15.9. The quantitative estimate of drug-likeness (QED) is 0.826. The van der Waals surface area contributed by atoms with Gasteiger partial charge in [0.05, 0.1) is 0 Å².